The van der Waals surface area contributed by atoms with Crippen LogP contribution >= 0.6 is 0 Å². The Morgan fingerprint density at radius 1 is 1.33 bits per heavy atom. The molecule has 0 atom stereocenters. The van der Waals surface area contributed by atoms with Crippen LogP contribution in [0.3, 0.4) is 0 Å². The largest absolute Gasteiger partial charge is 1.00 e. The van der Waals surface area contributed by atoms with Crippen molar-refractivity contribution in [1.29, 1.82) is 0 Å². The van der Waals surface area contributed by atoms with E-state index in [9.17, 15) is 0 Å². The van der Waals surface area contributed by atoms with Gasteiger partial charge in [-0.1, -0.05) is 13.8 Å². The molecule has 0 fully saturated rings. The van der Waals surface area contributed by atoms with Crippen LogP contribution in [0, 0.1) is 6.42 Å². The molecular formula is C8H20KNO2-2. The van der Waals surface area contributed by atoms with Crippen molar-refractivity contribution in [2.24, 2.45) is 0 Å². The predicted octanol–water partition coefficient (Wildman–Crippen LogP) is -2.60. The van der Waals surface area contributed by atoms with Gasteiger partial charge in [0.1, 0.15) is 0 Å². The Labute approximate surface area is 119 Å². The Morgan fingerprint density at radius 2 is 1.75 bits per heavy atom. The third-order valence-corrected chi connectivity index (χ3v) is 0.887. The van der Waals surface area contributed by atoms with Crippen LogP contribution in [-0.2, 0) is 0 Å². The Balaban J connectivity index is -0.0000000569. The van der Waals surface area contributed by atoms with Gasteiger partial charge in [0.15, 0.2) is 0 Å². The molecule has 0 aliphatic heterocycles. The van der Waals surface area contributed by atoms with E-state index in [4.69, 9.17) is 5.11 Å². The van der Waals surface area contributed by atoms with Crippen molar-refractivity contribution in [1.82, 2.24) is 5.32 Å². The smallest absolute Gasteiger partial charge is 0.870 e. The molecule has 0 aliphatic rings. The average molecular weight is 201 g/mol. The molecule has 0 aromatic rings. The zero-order valence-electron chi connectivity index (χ0n) is 8.76. The van der Waals surface area contributed by atoms with Gasteiger partial charge in [-0.3, -0.25) is 0 Å². The first-order valence-corrected chi connectivity index (χ1v) is 3.87. The summed E-state index contributed by atoms with van der Waals surface area (Å²) in [6, 6.07) is 0. The molecule has 0 unspecified atom stereocenters. The number of unbranched alkanes of at least 4 members (excludes halogenated alkanes) is 2. The van der Waals surface area contributed by atoms with E-state index in [0.717, 1.165) is 6.54 Å². The Kier molecular flexibility index (Phi) is 57.3. The third-order valence-electron chi connectivity index (χ3n) is 0.887. The number of hydrogen-bond acceptors (Lipinski definition) is 3. The van der Waals surface area contributed by atoms with Crippen LogP contribution in [0.15, 0.2) is 0 Å². The van der Waals surface area contributed by atoms with E-state index < -0.39 is 0 Å². The molecule has 3 nitrogen and oxygen atoms in total. The van der Waals surface area contributed by atoms with E-state index in [1.807, 2.05) is 7.05 Å². The molecule has 4 heteroatoms. The Hall–Kier alpha value is 1.52. The minimum absolute atomic E-state index is 0. The molecule has 0 rings (SSSR count). The first kappa shape index (κ1) is 23.4. The first-order valence-electron chi connectivity index (χ1n) is 3.87. The predicted molar refractivity (Wildman–Crippen MR) is 45.6 cm³/mol. The second-order valence-corrected chi connectivity index (χ2v) is 1.88. The summed E-state index contributed by atoms with van der Waals surface area (Å²) in [5.74, 6) is 0. The van der Waals surface area contributed by atoms with Crippen molar-refractivity contribution in [3.05, 3.63) is 6.42 Å². The summed E-state index contributed by atoms with van der Waals surface area (Å²) in [5, 5.41) is 12.0. The Morgan fingerprint density at radius 3 is 2.00 bits per heavy atom. The Bertz CT molecular complexity index is 44.0. The molecule has 72 valence electrons. The fourth-order valence-electron chi connectivity index (χ4n) is 0.451. The molecule has 0 saturated carbocycles. The standard InChI is InChI=1S/C6H14N.C2H5O.K.H2O/c1-3-4-5-6-7-2;1-2-3;;/h4,7H,3,5-6H2,1-2H3;2H2,1H3;;1H2/q2*-1;+1;/p-1. The summed E-state index contributed by atoms with van der Waals surface area (Å²) in [6.07, 6.45) is 4.67. The topological polar surface area (TPSA) is 65.1 Å². The van der Waals surface area contributed by atoms with Crippen LogP contribution in [0.1, 0.15) is 26.7 Å². The monoisotopic (exact) mass is 201 g/mol. The maximum absolute atomic E-state index is 8.93. The van der Waals surface area contributed by atoms with E-state index in [-0.39, 0.29) is 63.5 Å². The van der Waals surface area contributed by atoms with E-state index >= 15 is 0 Å². The maximum Gasteiger partial charge on any atom is 1.00 e. The van der Waals surface area contributed by atoms with Gasteiger partial charge >= 0.3 is 51.4 Å². The fraction of sp³-hybridized carbons (Fsp3) is 0.875. The van der Waals surface area contributed by atoms with Crippen LogP contribution in [0.2, 0.25) is 0 Å². The molecule has 0 heterocycles. The zero-order valence-corrected chi connectivity index (χ0v) is 11.9. The molecule has 0 radical (unpaired) electrons. The first-order chi connectivity index (χ1) is 4.83. The van der Waals surface area contributed by atoms with Crippen molar-refractivity contribution >= 4 is 0 Å². The van der Waals surface area contributed by atoms with Crippen LogP contribution in [0.5, 0.6) is 0 Å². The van der Waals surface area contributed by atoms with Crippen molar-refractivity contribution < 1.29 is 62.0 Å². The van der Waals surface area contributed by atoms with E-state index in [0.29, 0.717) is 0 Å². The molecule has 0 aliphatic carbocycles. The van der Waals surface area contributed by atoms with Gasteiger partial charge in [0.2, 0.25) is 0 Å². The quantitative estimate of drug-likeness (QED) is 0.308. The molecule has 12 heavy (non-hydrogen) atoms. The SMILES string of the molecule is CC[CH-]CCNC.CC[O-].[K+].[OH-]. The molecule has 0 aromatic heterocycles. The van der Waals surface area contributed by atoms with Crippen molar-refractivity contribution in [3.8, 4) is 0 Å². The van der Waals surface area contributed by atoms with Crippen molar-refractivity contribution in [3.63, 3.8) is 0 Å². The maximum atomic E-state index is 8.93. The van der Waals surface area contributed by atoms with E-state index in [1.165, 1.54) is 12.8 Å². The summed E-state index contributed by atoms with van der Waals surface area (Å²) in [4.78, 5) is 0. The number of rotatable bonds is 4. The van der Waals surface area contributed by atoms with Gasteiger partial charge < -0.3 is 22.3 Å². The van der Waals surface area contributed by atoms with Crippen LogP contribution in [-0.4, -0.2) is 25.7 Å². The summed E-state index contributed by atoms with van der Waals surface area (Å²) in [6.45, 7) is 4.85. The molecule has 2 N–H and O–H groups in total. The van der Waals surface area contributed by atoms with Gasteiger partial charge in [-0.25, -0.2) is 0 Å². The minimum Gasteiger partial charge on any atom is -0.870 e. The normalized spacial score (nSPS) is 7.00. The van der Waals surface area contributed by atoms with Gasteiger partial charge in [-0.15, -0.1) is 6.61 Å². The molecule has 0 bridgehead atoms. The van der Waals surface area contributed by atoms with Crippen molar-refractivity contribution in [2.45, 2.75) is 26.7 Å². The fourth-order valence-corrected chi connectivity index (χ4v) is 0.451. The summed E-state index contributed by atoms with van der Waals surface area (Å²) < 4.78 is 0. The van der Waals surface area contributed by atoms with Gasteiger partial charge in [0.05, 0.1) is 0 Å². The number of nitrogens with one attached hydrogen (secondary N) is 1. The molecule has 0 amide bonds. The molecule has 0 aromatic carbocycles. The average Bonchev–Trinajstić information content (AvgIpc) is 1.91. The van der Waals surface area contributed by atoms with Crippen LogP contribution < -0.4 is 61.8 Å². The van der Waals surface area contributed by atoms with Crippen LogP contribution in [0.25, 0.3) is 0 Å². The minimum atomic E-state index is 0. The molecular weight excluding hydrogens is 181 g/mol. The molecule has 0 spiro atoms. The second-order valence-electron chi connectivity index (χ2n) is 1.88. The summed E-state index contributed by atoms with van der Waals surface area (Å²) in [5.41, 5.74) is 0. The van der Waals surface area contributed by atoms with Gasteiger partial charge in [0, 0.05) is 0 Å². The van der Waals surface area contributed by atoms with Gasteiger partial charge in [0.25, 0.3) is 0 Å². The van der Waals surface area contributed by atoms with Gasteiger partial charge in [-0.2, -0.15) is 12.8 Å². The van der Waals surface area contributed by atoms with Gasteiger partial charge in [-0.05, 0) is 13.6 Å². The summed E-state index contributed by atoms with van der Waals surface area (Å²) >= 11 is 0. The zero-order chi connectivity index (χ0) is 8.24. The van der Waals surface area contributed by atoms with E-state index in [1.54, 1.807) is 6.92 Å². The third kappa shape index (κ3) is 41.9. The van der Waals surface area contributed by atoms with Crippen molar-refractivity contribution in [2.75, 3.05) is 20.2 Å². The number of hydrogen-bond donors (Lipinski definition) is 1. The van der Waals surface area contributed by atoms with Crippen LogP contribution in [0.4, 0.5) is 0 Å². The molecule has 0 saturated heterocycles. The van der Waals surface area contributed by atoms with E-state index in [2.05, 4.69) is 18.7 Å². The second kappa shape index (κ2) is 29.4. The summed E-state index contributed by atoms with van der Waals surface area (Å²) in [7, 11) is 1.98.